The monoisotopic (exact) mass is 387 g/mol. The van der Waals surface area contributed by atoms with Gasteiger partial charge in [-0.1, -0.05) is 56.9 Å². The van der Waals surface area contributed by atoms with Crippen LogP contribution in [0.5, 0.6) is 0 Å². The predicted molar refractivity (Wildman–Crippen MR) is 127 cm³/mol. The summed E-state index contributed by atoms with van der Waals surface area (Å²) in [5.74, 6) is 4.10. The van der Waals surface area contributed by atoms with Crippen LogP contribution in [0.4, 0.5) is 5.69 Å². The molecule has 1 saturated carbocycles. The zero-order chi connectivity index (χ0) is 20.8. The highest BCUT2D eigenvalue weighted by atomic mass is 14.9. The van der Waals surface area contributed by atoms with E-state index < -0.39 is 0 Å². The van der Waals surface area contributed by atoms with Crippen molar-refractivity contribution >= 4 is 5.69 Å². The summed E-state index contributed by atoms with van der Waals surface area (Å²) in [6, 6.07) is 13.8. The highest BCUT2D eigenvalue weighted by Crippen LogP contribution is 2.36. The van der Waals surface area contributed by atoms with Gasteiger partial charge in [0, 0.05) is 17.3 Å². The number of rotatable bonds is 7. The van der Waals surface area contributed by atoms with Crippen LogP contribution in [0.3, 0.4) is 0 Å². The van der Waals surface area contributed by atoms with Crippen molar-refractivity contribution in [3.63, 3.8) is 0 Å². The molecule has 1 unspecified atom stereocenters. The maximum absolute atomic E-state index is 5.72. The third-order valence-corrected chi connectivity index (χ3v) is 6.78. The first kappa shape index (κ1) is 21.5. The number of benzene rings is 2. The summed E-state index contributed by atoms with van der Waals surface area (Å²) in [7, 11) is 0. The molecule has 0 aliphatic heterocycles. The van der Waals surface area contributed by atoms with Gasteiger partial charge in [0.1, 0.15) is 0 Å². The molecule has 0 bridgehead atoms. The van der Waals surface area contributed by atoms with Crippen molar-refractivity contribution in [1.82, 2.24) is 0 Å². The average Bonchev–Trinajstić information content (AvgIpc) is 2.74. The second-order valence-electron chi connectivity index (χ2n) is 8.99. The van der Waals surface area contributed by atoms with E-state index in [0.29, 0.717) is 17.9 Å². The Labute approximate surface area is 178 Å². The van der Waals surface area contributed by atoms with Gasteiger partial charge in [-0.2, -0.15) is 0 Å². The molecule has 1 nitrogen and oxygen atoms in total. The minimum atomic E-state index is 0.560. The van der Waals surface area contributed by atoms with Crippen molar-refractivity contribution < 1.29 is 0 Å². The van der Waals surface area contributed by atoms with E-state index in [4.69, 9.17) is 6.42 Å². The van der Waals surface area contributed by atoms with Crippen molar-refractivity contribution in [3.05, 3.63) is 64.2 Å². The summed E-state index contributed by atoms with van der Waals surface area (Å²) >= 11 is 0. The van der Waals surface area contributed by atoms with Gasteiger partial charge < -0.3 is 5.32 Å². The van der Waals surface area contributed by atoms with E-state index >= 15 is 0 Å². The van der Waals surface area contributed by atoms with Crippen molar-refractivity contribution in [2.45, 2.75) is 90.5 Å². The first-order chi connectivity index (χ1) is 14.0. The summed E-state index contributed by atoms with van der Waals surface area (Å²) in [5.41, 5.74) is 8.10. The molecule has 1 aliphatic rings. The topological polar surface area (TPSA) is 12.0 Å². The lowest BCUT2D eigenvalue weighted by molar-refractivity contribution is 0.412. The van der Waals surface area contributed by atoms with Crippen LogP contribution in [0, 0.1) is 26.2 Å². The van der Waals surface area contributed by atoms with Crippen LogP contribution in [0.15, 0.2) is 36.4 Å². The fourth-order valence-corrected chi connectivity index (χ4v) is 4.97. The highest BCUT2D eigenvalue weighted by Gasteiger charge is 2.24. The van der Waals surface area contributed by atoms with E-state index in [1.165, 1.54) is 72.9 Å². The van der Waals surface area contributed by atoms with E-state index in [-0.39, 0.29) is 0 Å². The Morgan fingerprint density at radius 2 is 1.79 bits per heavy atom. The van der Waals surface area contributed by atoms with Crippen LogP contribution in [0.1, 0.15) is 98.4 Å². The normalized spacial score (nSPS) is 20.1. The van der Waals surface area contributed by atoms with Gasteiger partial charge in [0.15, 0.2) is 0 Å². The lowest BCUT2D eigenvalue weighted by atomic mass is 9.80. The molecule has 1 atom stereocenters. The molecule has 0 spiro atoms. The Bertz CT molecular complexity index is 849. The van der Waals surface area contributed by atoms with Crippen LogP contribution < -0.4 is 5.32 Å². The Morgan fingerprint density at radius 1 is 1.07 bits per heavy atom. The number of terminal acetylenes is 1. The molecule has 2 aromatic carbocycles. The van der Waals surface area contributed by atoms with E-state index in [9.17, 15) is 0 Å². The number of hydrogen-bond donors (Lipinski definition) is 1. The SMILES string of the molecule is C#Cc1ccccc1C1CCC(Nc2cc(C(C)CCCC)c(C)cc2C)CC1. The molecular weight excluding hydrogens is 350 g/mol. The number of anilines is 1. The molecule has 0 radical (unpaired) electrons. The second-order valence-corrected chi connectivity index (χ2v) is 8.99. The van der Waals surface area contributed by atoms with Gasteiger partial charge in [-0.25, -0.2) is 0 Å². The van der Waals surface area contributed by atoms with Gasteiger partial charge in [-0.05, 0) is 92.2 Å². The van der Waals surface area contributed by atoms with Crippen molar-refractivity contribution in [2.75, 3.05) is 5.32 Å². The smallest absolute Gasteiger partial charge is 0.0375 e. The third kappa shape index (κ3) is 5.24. The largest absolute Gasteiger partial charge is 0.382 e. The van der Waals surface area contributed by atoms with E-state index in [1.807, 2.05) is 6.07 Å². The number of aryl methyl sites for hydroxylation is 2. The van der Waals surface area contributed by atoms with Crippen LogP contribution in [0.2, 0.25) is 0 Å². The molecule has 0 heterocycles. The molecule has 1 N–H and O–H groups in total. The maximum Gasteiger partial charge on any atom is 0.0375 e. The van der Waals surface area contributed by atoms with E-state index in [1.54, 1.807) is 0 Å². The molecule has 0 saturated heterocycles. The maximum atomic E-state index is 5.72. The van der Waals surface area contributed by atoms with Gasteiger partial charge in [-0.15, -0.1) is 6.42 Å². The summed E-state index contributed by atoms with van der Waals surface area (Å²) in [5, 5.41) is 3.89. The van der Waals surface area contributed by atoms with E-state index in [0.717, 1.165) is 5.56 Å². The van der Waals surface area contributed by atoms with Crippen LogP contribution >= 0.6 is 0 Å². The molecule has 3 rings (SSSR count). The van der Waals surface area contributed by atoms with Gasteiger partial charge in [0.05, 0.1) is 0 Å². The summed E-state index contributed by atoms with van der Waals surface area (Å²) < 4.78 is 0. The zero-order valence-corrected chi connectivity index (χ0v) is 18.7. The summed E-state index contributed by atoms with van der Waals surface area (Å²) in [4.78, 5) is 0. The summed E-state index contributed by atoms with van der Waals surface area (Å²) in [6.07, 6.45) is 14.4. The fourth-order valence-electron chi connectivity index (χ4n) is 4.97. The lowest BCUT2D eigenvalue weighted by Crippen LogP contribution is -2.26. The first-order valence-corrected chi connectivity index (χ1v) is 11.5. The van der Waals surface area contributed by atoms with Crippen molar-refractivity contribution in [2.24, 2.45) is 0 Å². The average molecular weight is 388 g/mol. The van der Waals surface area contributed by atoms with Crippen LogP contribution in [-0.4, -0.2) is 6.04 Å². The van der Waals surface area contributed by atoms with Gasteiger partial charge in [0.2, 0.25) is 0 Å². The van der Waals surface area contributed by atoms with Crippen molar-refractivity contribution in [3.8, 4) is 12.3 Å². The Kier molecular flexibility index (Phi) is 7.43. The Hall–Kier alpha value is -2.20. The Balaban J connectivity index is 1.66. The van der Waals surface area contributed by atoms with Crippen LogP contribution in [0.25, 0.3) is 0 Å². The summed E-state index contributed by atoms with van der Waals surface area (Å²) in [6.45, 7) is 9.17. The Morgan fingerprint density at radius 3 is 2.48 bits per heavy atom. The van der Waals surface area contributed by atoms with Gasteiger partial charge in [-0.3, -0.25) is 0 Å². The molecule has 0 amide bonds. The van der Waals surface area contributed by atoms with Gasteiger partial charge >= 0.3 is 0 Å². The standard InChI is InChI=1S/C28H37N/c1-6-8-11-20(3)27-19-28(22(5)18-21(27)4)29-25-16-14-24(15-17-25)26-13-10-9-12-23(26)7-2/h2,9-10,12-13,18-20,24-25,29H,6,8,11,14-17H2,1,3-5H3. The quantitative estimate of drug-likeness (QED) is 0.480. The van der Waals surface area contributed by atoms with Gasteiger partial charge in [0.25, 0.3) is 0 Å². The number of nitrogens with one attached hydrogen (secondary N) is 1. The predicted octanol–water partition coefficient (Wildman–Crippen LogP) is 7.72. The molecule has 0 aromatic heterocycles. The van der Waals surface area contributed by atoms with Crippen LogP contribution in [-0.2, 0) is 0 Å². The minimum absolute atomic E-state index is 0.560. The fraction of sp³-hybridized carbons (Fsp3) is 0.500. The molecule has 1 fully saturated rings. The first-order valence-electron chi connectivity index (χ1n) is 11.5. The molecule has 29 heavy (non-hydrogen) atoms. The lowest BCUT2D eigenvalue weighted by Gasteiger charge is -2.31. The molecule has 1 aliphatic carbocycles. The second kappa shape index (κ2) is 10.0. The molecule has 154 valence electrons. The van der Waals surface area contributed by atoms with E-state index in [2.05, 4.69) is 69.3 Å². The highest BCUT2D eigenvalue weighted by molar-refractivity contribution is 5.56. The molecule has 1 heteroatoms. The number of unbranched alkanes of at least 4 members (excludes halogenated alkanes) is 1. The molecular formula is C28H37N. The molecule has 2 aromatic rings. The third-order valence-electron chi connectivity index (χ3n) is 6.78. The minimum Gasteiger partial charge on any atom is -0.382 e. The zero-order valence-electron chi connectivity index (χ0n) is 18.7. The number of hydrogen-bond acceptors (Lipinski definition) is 1. The van der Waals surface area contributed by atoms with Crippen molar-refractivity contribution in [1.29, 1.82) is 0 Å².